The molecule has 1 amide bonds. The van der Waals surface area contributed by atoms with Gasteiger partial charge in [-0.15, -0.1) is 13.2 Å². The van der Waals surface area contributed by atoms with Gasteiger partial charge in [0.2, 0.25) is 0 Å². The van der Waals surface area contributed by atoms with Crippen molar-refractivity contribution in [1.29, 1.82) is 0 Å². The highest BCUT2D eigenvalue weighted by atomic mass is 35.5. The summed E-state index contributed by atoms with van der Waals surface area (Å²) in [5.41, 5.74) is 0.0492. The molecule has 9 heteroatoms. The maximum atomic E-state index is 12.1. The number of rotatable bonds is 3. The van der Waals surface area contributed by atoms with Gasteiger partial charge in [0.15, 0.2) is 0 Å². The average molecular weight is 318 g/mol. The molecule has 0 aliphatic rings. The molecule has 0 aliphatic heterocycles. The summed E-state index contributed by atoms with van der Waals surface area (Å²) in [7, 11) is 0. The van der Waals surface area contributed by atoms with E-state index in [4.69, 9.17) is 11.6 Å². The molecule has 0 spiro atoms. The largest absolute Gasteiger partial charge is 0.573 e. The molecule has 1 aromatic heterocycles. The summed E-state index contributed by atoms with van der Waals surface area (Å²) in [6.07, 6.45) is -2.38. The number of amides is 1. The molecule has 0 fully saturated rings. The van der Waals surface area contributed by atoms with Crippen LogP contribution >= 0.6 is 11.6 Å². The van der Waals surface area contributed by atoms with E-state index < -0.39 is 18.0 Å². The van der Waals surface area contributed by atoms with Crippen LogP contribution in [0.15, 0.2) is 36.7 Å². The first kappa shape index (κ1) is 15.0. The van der Waals surface area contributed by atoms with Gasteiger partial charge in [0.1, 0.15) is 16.6 Å². The lowest BCUT2D eigenvalue weighted by molar-refractivity contribution is -0.274. The Morgan fingerprint density at radius 2 is 2.05 bits per heavy atom. The predicted molar refractivity (Wildman–Crippen MR) is 68.1 cm³/mol. The van der Waals surface area contributed by atoms with E-state index >= 15 is 0 Å². The minimum absolute atomic E-state index is 0.0248. The molecule has 110 valence electrons. The lowest BCUT2D eigenvalue weighted by Crippen LogP contribution is -2.17. The van der Waals surface area contributed by atoms with E-state index in [1.54, 1.807) is 0 Å². The second kappa shape index (κ2) is 5.96. The molecule has 5 nitrogen and oxygen atoms in total. The Hall–Kier alpha value is -2.35. The smallest absolute Gasteiger partial charge is 0.406 e. The number of alkyl halides is 3. The predicted octanol–water partition coefficient (Wildman–Crippen LogP) is 3.28. The summed E-state index contributed by atoms with van der Waals surface area (Å²) in [5, 5.41) is 2.39. The number of anilines is 1. The number of nitrogens with one attached hydrogen (secondary N) is 1. The molecular weight excluding hydrogens is 311 g/mol. The van der Waals surface area contributed by atoms with Crippen LogP contribution in [-0.4, -0.2) is 22.2 Å². The zero-order chi connectivity index (χ0) is 15.5. The van der Waals surface area contributed by atoms with Crippen LogP contribution in [0.1, 0.15) is 10.5 Å². The number of carbonyl (C=O) groups excluding carboxylic acids is 1. The minimum Gasteiger partial charge on any atom is -0.406 e. The number of halogens is 4. The van der Waals surface area contributed by atoms with Gasteiger partial charge in [-0.2, -0.15) is 0 Å². The fourth-order valence-corrected chi connectivity index (χ4v) is 1.57. The molecule has 0 saturated carbocycles. The molecule has 21 heavy (non-hydrogen) atoms. The number of aromatic nitrogens is 2. The first-order chi connectivity index (χ1) is 9.83. The molecule has 1 aromatic carbocycles. The normalized spacial score (nSPS) is 11.0. The highest BCUT2D eigenvalue weighted by Crippen LogP contribution is 2.25. The van der Waals surface area contributed by atoms with Gasteiger partial charge in [-0.25, -0.2) is 4.98 Å². The summed E-state index contributed by atoms with van der Waals surface area (Å²) in [5.74, 6) is -1.10. The van der Waals surface area contributed by atoms with Crippen molar-refractivity contribution >= 4 is 23.2 Å². The maximum Gasteiger partial charge on any atom is 0.573 e. The number of hydrogen-bond acceptors (Lipinski definition) is 4. The Balaban J connectivity index is 2.13. The fraction of sp³-hybridized carbons (Fsp3) is 0.0833. The van der Waals surface area contributed by atoms with Gasteiger partial charge < -0.3 is 10.1 Å². The Morgan fingerprint density at radius 1 is 1.29 bits per heavy atom. The molecule has 0 saturated heterocycles. The van der Waals surface area contributed by atoms with Crippen LogP contribution in [0.3, 0.4) is 0 Å². The van der Waals surface area contributed by atoms with Crippen LogP contribution in [0.4, 0.5) is 18.9 Å². The topological polar surface area (TPSA) is 64.1 Å². The molecule has 0 unspecified atom stereocenters. The highest BCUT2D eigenvalue weighted by molar-refractivity contribution is 6.29. The Labute approximate surface area is 121 Å². The maximum absolute atomic E-state index is 12.1. The zero-order valence-corrected chi connectivity index (χ0v) is 10.9. The molecule has 0 aliphatic carbocycles. The van der Waals surface area contributed by atoms with E-state index in [9.17, 15) is 18.0 Å². The van der Waals surface area contributed by atoms with Gasteiger partial charge in [0.05, 0.1) is 12.4 Å². The quantitative estimate of drug-likeness (QED) is 0.943. The number of carbonyl (C=O) groups is 1. The lowest BCUT2D eigenvalue weighted by atomic mass is 10.3. The van der Waals surface area contributed by atoms with E-state index in [1.165, 1.54) is 24.5 Å². The van der Waals surface area contributed by atoms with E-state index in [1.807, 2.05) is 0 Å². The van der Waals surface area contributed by atoms with Crippen molar-refractivity contribution in [2.75, 3.05) is 5.32 Å². The standard InChI is InChI=1S/C12H7ClF3N3O2/c13-10-6-17-5-9(19-10)11(20)18-7-2-1-3-8(4-7)21-12(14,15)16/h1-6H,(H,18,20). The van der Waals surface area contributed by atoms with Crippen LogP contribution in [-0.2, 0) is 0 Å². The van der Waals surface area contributed by atoms with Gasteiger partial charge in [0.25, 0.3) is 5.91 Å². The third-order valence-corrected chi connectivity index (χ3v) is 2.35. The van der Waals surface area contributed by atoms with Crippen LogP contribution < -0.4 is 10.1 Å². The summed E-state index contributed by atoms with van der Waals surface area (Å²) in [4.78, 5) is 19.2. The van der Waals surface area contributed by atoms with Crippen molar-refractivity contribution in [1.82, 2.24) is 9.97 Å². The Morgan fingerprint density at radius 3 is 2.71 bits per heavy atom. The highest BCUT2D eigenvalue weighted by Gasteiger charge is 2.31. The molecule has 0 bridgehead atoms. The van der Waals surface area contributed by atoms with Crippen molar-refractivity contribution in [2.45, 2.75) is 6.36 Å². The SMILES string of the molecule is O=C(Nc1cccc(OC(F)(F)F)c1)c1cncc(Cl)n1. The van der Waals surface area contributed by atoms with Crippen LogP contribution in [0.25, 0.3) is 0 Å². The van der Waals surface area contributed by atoms with Crippen molar-refractivity contribution < 1.29 is 22.7 Å². The van der Waals surface area contributed by atoms with Crippen molar-refractivity contribution in [3.63, 3.8) is 0 Å². The molecular formula is C12H7ClF3N3O2. The van der Waals surface area contributed by atoms with Crippen LogP contribution in [0.5, 0.6) is 5.75 Å². The summed E-state index contributed by atoms with van der Waals surface area (Å²) >= 11 is 5.59. The van der Waals surface area contributed by atoms with Crippen molar-refractivity contribution in [3.05, 3.63) is 47.5 Å². The van der Waals surface area contributed by atoms with Gasteiger partial charge in [0, 0.05) is 11.8 Å². The number of ether oxygens (including phenoxy) is 1. The molecule has 0 atom stereocenters. The van der Waals surface area contributed by atoms with Gasteiger partial charge in [-0.1, -0.05) is 17.7 Å². The minimum atomic E-state index is -4.80. The number of hydrogen-bond donors (Lipinski definition) is 1. The Bertz CT molecular complexity index is 664. The van der Waals surface area contributed by atoms with Gasteiger partial charge >= 0.3 is 6.36 Å². The van der Waals surface area contributed by atoms with Crippen LogP contribution in [0, 0.1) is 0 Å². The molecule has 0 radical (unpaired) electrons. The second-order valence-corrected chi connectivity index (χ2v) is 4.14. The fourth-order valence-electron chi connectivity index (χ4n) is 1.42. The van der Waals surface area contributed by atoms with E-state index in [2.05, 4.69) is 20.0 Å². The Kier molecular flexibility index (Phi) is 4.27. The summed E-state index contributed by atoms with van der Waals surface area (Å²) in [6.45, 7) is 0. The van der Waals surface area contributed by atoms with E-state index in [0.717, 1.165) is 12.1 Å². The molecule has 1 N–H and O–H groups in total. The number of benzene rings is 1. The van der Waals surface area contributed by atoms with Crippen molar-refractivity contribution in [3.8, 4) is 5.75 Å². The first-order valence-electron chi connectivity index (χ1n) is 5.48. The second-order valence-electron chi connectivity index (χ2n) is 3.76. The third kappa shape index (κ3) is 4.60. The van der Waals surface area contributed by atoms with Gasteiger partial charge in [-0.05, 0) is 12.1 Å². The average Bonchev–Trinajstić information content (AvgIpc) is 2.37. The van der Waals surface area contributed by atoms with E-state index in [-0.39, 0.29) is 16.5 Å². The third-order valence-electron chi connectivity index (χ3n) is 2.16. The van der Waals surface area contributed by atoms with E-state index in [0.29, 0.717) is 0 Å². The molecule has 1 heterocycles. The zero-order valence-electron chi connectivity index (χ0n) is 10.2. The van der Waals surface area contributed by atoms with Crippen LogP contribution in [0.2, 0.25) is 5.15 Å². The number of nitrogens with zero attached hydrogens (tertiary/aromatic N) is 2. The summed E-state index contributed by atoms with van der Waals surface area (Å²) in [6, 6.07) is 4.85. The first-order valence-corrected chi connectivity index (χ1v) is 5.86. The molecule has 2 rings (SSSR count). The van der Waals surface area contributed by atoms with Gasteiger partial charge in [-0.3, -0.25) is 9.78 Å². The summed E-state index contributed by atoms with van der Waals surface area (Å²) < 4.78 is 40.1. The lowest BCUT2D eigenvalue weighted by Gasteiger charge is -2.10. The monoisotopic (exact) mass is 317 g/mol. The van der Waals surface area contributed by atoms with Crippen molar-refractivity contribution in [2.24, 2.45) is 0 Å². The molecule has 2 aromatic rings.